The van der Waals surface area contributed by atoms with Crippen molar-refractivity contribution in [1.29, 1.82) is 0 Å². The molecule has 8 heteroatoms. The molecule has 0 saturated carbocycles. The van der Waals surface area contributed by atoms with Crippen LogP contribution in [0.4, 0.5) is 0 Å². The number of aromatic nitrogens is 5. The van der Waals surface area contributed by atoms with Gasteiger partial charge in [-0.25, -0.2) is 15.0 Å². The van der Waals surface area contributed by atoms with Crippen molar-refractivity contribution in [2.75, 3.05) is 13.1 Å². The van der Waals surface area contributed by atoms with Gasteiger partial charge in [0.1, 0.15) is 17.8 Å². The maximum absolute atomic E-state index is 12.5. The van der Waals surface area contributed by atoms with Crippen molar-refractivity contribution in [3.05, 3.63) is 53.8 Å². The molecule has 1 aliphatic heterocycles. The molecule has 0 spiro atoms. The van der Waals surface area contributed by atoms with Gasteiger partial charge in [0.2, 0.25) is 0 Å². The van der Waals surface area contributed by atoms with E-state index in [-0.39, 0.29) is 5.91 Å². The van der Waals surface area contributed by atoms with Crippen LogP contribution < -0.4 is 0 Å². The minimum atomic E-state index is -0.0651. The second-order valence-corrected chi connectivity index (χ2v) is 6.79. The average Bonchev–Trinajstić information content (AvgIpc) is 3.28. The van der Waals surface area contributed by atoms with Crippen LogP contribution in [0.1, 0.15) is 34.1 Å². The molecule has 138 valence electrons. The van der Waals surface area contributed by atoms with Gasteiger partial charge in [0, 0.05) is 31.2 Å². The third-order valence-electron chi connectivity index (χ3n) is 4.87. The molecule has 1 atom stereocenters. The Kier molecular flexibility index (Phi) is 4.62. The van der Waals surface area contributed by atoms with Gasteiger partial charge in [-0.1, -0.05) is 5.16 Å². The Bertz CT molecular complexity index is 936. The number of hydrogen-bond acceptors (Lipinski definition) is 7. The lowest BCUT2D eigenvalue weighted by Gasteiger charge is -2.15. The number of aryl methyl sites for hydroxylation is 2. The topological polar surface area (TPSA) is 97.9 Å². The summed E-state index contributed by atoms with van der Waals surface area (Å²) in [6.45, 7) is 5.20. The zero-order valence-electron chi connectivity index (χ0n) is 15.3. The summed E-state index contributed by atoms with van der Waals surface area (Å²) in [5, 5.41) is 3.99. The van der Waals surface area contributed by atoms with Gasteiger partial charge in [-0.2, -0.15) is 0 Å². The van der Waals surface area contributed by atoms with Gasteiger partial charge in [-0.05, 0) is 38.7 Å². The third kappa shape index (κ3) is 3.55. The summed E-state index contributed by atoms with van der Waals surface area (Å²) < 4.78 is 5.24. The van der Waals surface area contributed by atoms with Gasteiger partial charge in [-0.15, -0.1) is 0 Å². The van der Waals surface area contributed by atoms with E-state index >= 15 is 0 Å². The maximum atomic E-state index is 12.5. The summed E-state index contributed by atoms with van der Waals surface area (Å²) in [7, 11) is 0. The van der Waals surface area contributed by atoms with Crippen LogP contribution in [0.15, 0.2) is 35.5 Å². The van der Waals surface area contributed by atoms with E-state index in [2.05, 4.69) is 25.1 Å². The Balaban J connectivity index is 1.45. The lowest BCUT2D eigenvalue weighted by Crippen LogP contribution is -2.29. The maximum Gasteiger partial charge on any atom is 0.274 e. The molecule has 0 bridgehead atoms. The molecule has 1 saturated heterocycles. The minimum Gasteiger partial charge on any atom is -0.361 e. The van der Waals surface area contributed by atoms with E-state index in [0.29, 0.717) is 18.2 Å². The zero-order valence-corrected chi connectivity index (χ0v) is 15.3. The van der Waals surface area contributed by atoms with Crippen molar-refractivity contribution >= 4 is 5.91 Å². The van der Waals surface area contributed by atoms with Crippen LogP contribution in [0.2, 0.25) is 0 Å². The first-order chi connectivity index (χ1) is 13.1. The van der Waals surface area contributed by atoms with Gasteiger partial charge >= 0.3 is 0 Å². The molecule has 27 heavy (non-hydrogen) atoms. The van der Waals surface area contributed by atoms with Crippen molar-refractivity contribution in [3.8, 4) is 11.3 Å². The van der Waals surface area contributed by atoms with E-state index in [4.69, 9.17) is 4.52 Å². The SMILES string of the molecule is Cc1noc(C)c1-c1cc(C[C@@H]2CCN(C(=O)c3cnccn3)C2)ncn1. The number of rotatable bonds is 4. The van der Waals surface area contributed by atoms with Crippen molar-refractivity contribution < 1.29 is 9.32 Å². The van der Waals surface area contributed by atoms with Gasteiger partial charge < -0.3 is 9.42 Å². The smallest absolute Gasteiger partial charge is 0.274 e. The summed E-state index contributed by atoms with van der Waals surface area (Å²) in [5.74, 6) is 1.04. The second-order valence-electron chi connectivity index (χ2n) is 6.79. The van der Waals surface area contributed by atoms with Gasteiger partial charge in [0.05, 0.1) is 23.1 Å². The highest BCUT2D eigenvalue weighted by atomic mass is 16.5. The summed E-state index contributed by atoms with van der Waals surface area (Å²) in [6.07, 6.45) is 7.93. The van der Waals surface area contributed by atoms with Gasteiger partial charge in [0.25, 0.3) is 5.91 Å². The van der Waals surface area contributed by atoms with Crippen LogP contribution in [0.3, 0.4) is 0 Å². The molecular weight excluding hydrogens is 344 g/mol. The molecule has 0 aromatic carbocycles. The first kappa shape index (κ1) is 17.3. The highest BCUT2D eigenvalue weighted by Gasteiger charge is 2.28. The lowest BCUT2D eigenvalue weighted by molar-refractivity contribution is 0.0780. The Morgan fingerprint density at radius 3 is 2.89 bits per heavy atom. The number of carbonyl (C=O) groups excluding carboxylic acids is 1. The number of carbonyl (C=O) groups is 1. The third-order valence-corrected chi connectivity index (χ3v) is 4.87. The monoisotopic (exact) mass is 364 g/mol. The predicted molar refractivity (Wildman–Crippen MR) is 96.7 cm³/mol. The summed E-state index contributed by atoms with van der Waals surface area (Å²) in [4.78, 5) is 31.2. The van der Waals surface area contributed by atoms with E-state index in [1.54, 1.807) is 12.5 Å². The molecular formula is C19H20N6O2. The molecule has 3 aromatic rings. The van der Waals surface area contributed by atoms with Gasteiger partial charge in [0.15, 0.2) is 0 Å². The first-order valence-electron chi connectivity index (χ1n) is 8.91. The fraction of sp³-hybridized carbons (Fsp3) is 0.368. The molecule has 1 fully saturated rings. The van der Waals surface area contributed by atoms with E-state index in [0.717, 1.165) is 47.8 Å². The van der Waals surface area contributed by atoms with Crippen molar-refractivity contribution in [3.63, 3.8) is 0 Å². The summed E-state index contributed by atoms with van der Waals surface area (Å²) in [6, 6.07) is 1.99. The average molecular weight is 364 g/mol. The van der Waals surface area contributed by atoms with E-state index in [1.165, 1.54) is 12.4 Å². The molecule has 0 unspecified atom stereocenters. The van der Waals surface area contributed by atoms with Crippen molar-refractivity contribution in [2.45, 2.75) is 26.7 Å². The molecule has 1 aliphatic rings. The Hall–Kier alpha value is -3.16. The summed E-state index contributed by atoms with van der Waals surface area (Å²) in [5.41, 5.74) is 3.91. The van der Waals surface area contributed by atoms with Crippen LogP contribution >= 0.6 is 0 Å². The molecule has 0 N–H and O–H groups in total. The predicted octanol–water partition coefficient (Wildman–Crippen LogP) is 2.24. The van der Waals surface area contributed by atoms with E-state index in [1.807, 2.05) is 24.8 Å². The van der Waals surface area contributed by atoms with Crippen LogP contribution in [0.5, 0.6) is 0 Å². The van der Waals surface area contributed by atoms with Crippen molar-refractivity contribution in [2.24, 2.45) is 5.92 Å². The highest BCUT2D eigenvalue weighted by Crippen LogP contribution is 2.27. The fourth-order valence-electron chi connectivity index (χ4n) is 3.55. The second kappa shape index (κ2) is 7.22. The lowest BCUT2D eigenvalue weighted by atomic mass is 10.0. The number of likely N-dealkylation sites (tertiary alicyclic amines) is 1. The quantitative estimate of drug-likeness (QED) is 0.700. The largest absolute Gasteiger partial charge is 0.361 e. The fourth-order valence-corrected chi connectivity index (χ4v) is 3.55. The Labute approximate surface area is 156 Å². The molecule has 1 amide bonds. The van der Waals surface area contributed by atoms with E-state index in [9.17, 15) is 4.79 Å². The molecule has 3 aromatic heterocycles. The van der Waals surface area contributed by atoms with Gasteiger partial charge in [-0.3, -0.25) is 9.78 Å². The number of nitrogens with zero attached hydrogens (tertiary/aromatic N) is 6. The normalized spacial score (nSPS) is 16.7. The van der Waals surface area contributed by atoms with Crippen LogP contribution in [0, 0.1) is 19.8 Å². The van der Waals surface area contributed by atoms with Crippen molar-refractivity contribution in [1.82, 2.24) is 30.0 Å². The van der Waals surface area contributed by atoms with E-state index < -0.39 is 0 Å². The molecule has 0 radical (unpaired) electrons. The molecule has 0 aliphatic carbocycles. The number of amides is 1. The first-order valence-corrected chi connectivity index (χ1v) is 8.91. The number of hydrogen-bond donors (Lipinski definition) is 0. The molecule has 8 nitrogen and oxygen atoms in total. The van der Waals surface area contributed by atoms with Crippen LogP contribution in [-0.4, -0.2) is 49.0 Å². The summed E-state index contributed by atoms with van der Waals surface area (Å²) >= 11 is 0. The zero-order chi connectivity index (χ0) is 18.8. The highest BCUT2D eigenvalue weighted by molar-refractivity contribution is 5.92. The standard InChI is InChI=1S/C19H20N6O2/c1-12-18(13(2)27-24-12)16-8-15(22-11-23-16)7-14-3-6-25(10-14)19(26)17-9-20-4-5-21-17/h4-5,8-9,11,14H,3,6-7,10H2,1-2H3/t14-/m0/s1. The Morgan fingerprint density at radius 2 is 2.15 bits per heavy atom. The van der Waals surface area contributed by atoms with Crippen LogP contribution in [-0.2, 0) is 6.42 Å². The minimum absolute atomic E-state index is 0.0651. The molecule has 4 rings (SSSR count). The van der Waals surface area contributed by atoms with Crippen LogP contribution in [0.25, 0.3) is 11.3 Å². The molecule has 4 heterocycles. The Morgan fingerprint density at radius 1 is 1.26 bits per heavy atom.